The van der Waals surface area contributed by atoms with E-state index in [9.17, 15) is 19.5 Å². The number of benzene rings is 4. The summed E-state index contributed by atoms with van der Waals surface area (Å²) in [7, 11) is 1.91. The molecule has 5 N–H and O–H groups in total. The van der Waals surface area contributed by atoms with Crippen molar-refractivity contribution in [1.82, 2.24) is 30.2 Å². The van der Waals surface area contributed by atoms with E-state index in [1.54, 1.807) is 4.90 Å². The van der Waals surface area contributed by atoms with Gasteiger partial charge in [-0.3, -0.25) is 24.5 Å². The molecule has 2 unspecified atom stereocenters. The molecule has 14 nitrogen and oxygen atoms in total. The number of carbonyl (C=O) groups excluding carboxylic acids is 3. The number of imide groups is 1. The number of fused-ring (bicyclic) bond motifs is 2. The lowest BCUT2D eigenvalue weighted by Crippen LogP contribution is -2.49. The number of amides is 4. The molecule has 10 rings (SSSR count). The minimum Gasteiger partial charge on any atom is -0.488 e. The fourth-order valence-corrected chi connectivity index (χ4v) is 12.5. The van der Waals surface area contributed by atoms with Crippen molar-refractivity contribution in [2.45, 2.75) is 94.2 Å². The first-order valence-corrected chi connectivity index (χ1v) is 25.6. The van der Waals surface area contributed by atoms with Crippen LogP contribution in [0.3, 0.4) is 0 Å². The first-order chi connectivity index (χ1) is 34.3. The molecule has 4 aromatic carbocycles. The number of hydrogen-bond acceptors (Lipinski definition) is 10. The highest BCUT2D eigenvalue weighted by atomic mass is 35.5. The number of nitrogens with two attached hydrogens (primary N) is 1. The van der Waals surface area contributed by atoms with E-state index < -0.39 is 35.1 Å². The summed E-state index contributed by atoms with van der Waals surface area (Å²) in [5, 5.41) is 20.9. The summed E-state index contributed by atoms with van der Waals surface area (Å²) in [6.07, 6.45) is 9.07. The van der Waals surface area contributed by atoms with Crippen LogP contribution in [0.4, 0.5) is 19.4 Å². The number of anilines is 1. The van der Waals surface area contributed by atoms with E-state index in [2.05, 4.69) is 43.7 Å². The van der Waals surface area contributed by atoms with Gasteiger partial charge in [0.2, 0.25) is 11.8 Å². The SMILES string of the molecule is CC1c2c(cc(F)c(Cl)c2-c2c(C(N)=O)ccc(OCCO)c2F)OC1(CNC1CCC(CN2CCC(N3CCC(c4ccc5c(N6CCC(=O)NC6=O)nn(C)c5c4)CC3)CC2)CC1)c1ccccc1. The molecule has 0 bridgehead atoms. The Balaban J connectivity index is 0.737. The number of ether oxygens (including phenoxy) is 2. The molecule has 4 aliphatic heterocycles. The lowest BCUT2D eigenvalue weighted by atomic mass is 9.77. The molecule has 2 atom stereocenters. The molecule has 5 aliphatic rings. The van der Waals surface area contributed by atoms with Gasteiger partial charge in [0.1, 0.15) is 18.2 Å². The molecule has 4 fully saturated rings. The van der Waals surface area contributed by atoms with Crippen molar-refractivity contribution in [3.05, 3.63) is 106 Å². The van der Waals surface area contributed by atoms with Crippen LogP contribution in [0.2, 0.25) is 5.02 Å². The van der Waals surface area contributed by atoms with Crippen LogP contribution in [0.15, 0.2) is 66.7 Å². The number of aromatic nitrogens is 2. The number of nitrogens with one attached hydrogen (secondary N) is 2. The number of aliphatic hydroxyl groups excluding tert-OH is 1. The third kappa shape index (κ3) is 9.49. The fourth-order valence-electron chi connectivity index (χ4n) is 12.2. The number of carbonyl (C=O) groups is 3. The van der Waals surface area contributed by atoms with Crippen molar-refractivity contribution < 1.29 is 37.7 Å². The van der Waals surface area contributed by atoms with Crippen molar-refractivity contribution in [3.63, 3.8) is 0 Å². The third-order valence-electron chi connectivity index (χ3n) is 16.1. The van der Waals surface area contributed by atoms with E-state index in [-0.39, 0.29) is 64.8 Å². The smallest absolute Gasteiger partial charge is 0.329 e. The van der Waals surface area contributed by atoms with E-state index in [1.807, 2.05) is 49.0 Å². The monoisotopic (exact) mass is 992 g/mol. The number of urea groups is 1. The number of rotatable bonds is 14. The number of hydrogen-bond donors (Lipinski definition) is 4. The lowest BCUT2D eigenvalue weighted by molar-refractivity contribution is -0.120. The predicted octanol–water partition coefficient (Wildman–Crippen LogP) is 7.97. The largest absolute Gasteiger partial charge is 0.488 e. The van der Waals surface area contributed by atoms with Crippen LogP contribution in [0, 0.1) is 17.6 Å². The van der Waals surface area contributed by atoms with E-state index >= 15 is 8.78 Å². The van der Waals surface area contributed by atoms with Crippen molar-refractivity contribution in [3.8, 4) is 22.6 Å². The number of piperidine rings is 2. The Morgan fingerprint density at radius 1 is 0.958 bits per heavy atom. The molecular weight excluding hydrogens is 930 g/mol. The average Bonchev–Trinajstić information content (AvgIpc) is 3.86. The Morgan fingerprint density at radius 3 is 2.41 bits per heavy atom. The second kappa shape index (κ2) is 20.5. The van der Waals surface area contributed by atoms with Crippen LogP contribution < -0.4 is 30.7 Å². The summed E-state index contributed by atoms with van der Waals surface area (Å²) < 4.78 is 46.5. The molecule has 0 spiro atoms. The highest BCUT2D eigenvalue weighted by molar-refractivity contribution is 6.34. The summed E-state index contributed by atoms with van der Waals surface area (Å²) in [4.78, 5) is 44.0. The van der Waals surface area contributed by atoms with E-state index in [1.165, 1.54) is 36.6 Å². The van der Waals surface area contributed by atoms with Crippen molar-refractivity contribution in [1.29, 1.82) is 0 Å². The van der Waals surface area contributed by atoms with Gasteiger partial charge >= 0.3 is 6.03 Å². The minimum absolute atomic E-state index is 0.0125. The maximum atomic E-state index is 16.5. The molecular formula is C54H63ClF2N8O6. The minimum atomic E-state index is -1.03. The number of aliphatic hydroxyl groups is 1. The molecule has 0 radical (unpaired) electrons. The van der Waals surface area contributed by atoms with Gasteiger partial charge in [0.25, 0.3) is 0 Å². The number of aryl methyl sites for hydroxylation is 1. The standard InChI is InChI=1S/C54H63ClF2N8O6/c1-32-46-44(29-41(56)49(55)48(46)47-40(51(58)68)14-15-43(50(47)57)70-27-26-66)71-54(32,36-6-4-3-5-7-36)31-59-37-11-8-33(9-12-37)30-63-21-18-38(19-22-63)64-23-16-34(17-24-64)35-10-13-39-42(28-35)62(2)61-52(39)65-25-20-45(67)60-53(65)69/h3-7,10,13-15,28-29,32-34,37-38,59,66H,8-9,11-12,16-27,30-31H2,1-2H3,(H2,58,68)(H,60,67,69). The van der Waals surface area contributed by atoms with Gasteiger partial charge in [-0.25, -0.2) is 13.6 Å². The fraction of sp³-hybridized carbons (Fsp3) is 0.481. The van der Waals surface area contributed by atoms with Gasteiger partial charge in [0, 0.05) is 79.2 Å². The van der Waals surface area contributed by atoms with E-state index in [0.717, 1.165) is 87.7 Å². The molecule has 17 heteroatoms. The van der Waals surface area contributed by atoms with Crippen molar-refractivity contribution in [2.24, 2.45) is 18.7 Å². The zero-order chi connectivity index (χ0) is 49.6. The number of primary amides is 1. The van der Waals surface area contributed by atoms with Gasteiger partial charge in [0.05, 0.1) is 22.7 Å². The molecule has 1 aromatic heterocycles. The molecule has 5 heterocycles. The van der Waals surface area contributed by atoms with Crippen molar-refractivity contribution in [2.75, 3.05) is 63.9 Å². The highest BCUT2D eigenvalue weighted by Gasteiger charge is 2.50. The predicted molar refractivity (Wildman–Crippen MR) is 268 cm³/mol. The second-order valence-corrected chi connectivity index (χ2v) is 20.6. The zero-order valence-electron chi connectivity index (χ0n) is 40.4. The second-order valence-electron chi connectivity index (χ2n) is 20.2. The van der Waals surface area contributed by atoms with Gasteiger partial charge in [-0.05, 0) is 125 Å². The highest BCUT2D eigenvalue weighted by Crippen LogP contribution is 2.56. The Labute approximate surface area is 417 Å². The molecule has 3 saturated heterocycles. The normalized spacial score (nSPS) is 23.7. The molecule has 1 aliphatic carbocycles. The number of nitrogens with zero attached hydrogens (tertiary/aromatic N) is 5. The Bertz CT molecular complexity index is 2810. The van der Waals surface area contributed by atoms with Gasteiger partial charge in [-0.1, -0.05) is 54.9 Å². The quantitative estimate of drug-likeness (QED) is 0.0857. The summed E-state index contributed by atoms with van der Waals surface area (Å²) >= 11 is 6.74. The maximum Gasteiger partial charge on any atom is 0.329 e. The Kier molecular flexibility index (Phi) is 14.1. The number of likely N-dealkylation sites (tertiary alicyclic amines) is 2. The van der Waals surface area contributed by atoms with Gasteiger partial charge in [-0.2, -0.15) is 5.10 Å². The molecule has 5 aromatic rings. The Morgan fingerprint density at radius 2 is 1.70 bits per heavy atom. The van der Waals surface area contributed by atoms with Crippen LogP contribution in [0.5, 0.6) is 11.5 Å². The van der Waals surface area contributed by atoms with E-state index in [4.69, 9.17) is 26.8 Å². The summed E-state index contributed by atoms with van der Waals surface area (Å²) in [5.41, 5.74) is 7.90. The van der Waals surface area contributed by atoms with Gasteiger partial charge in [0.15, 0.2) is 23.0 Å². The topological polar surface area (TPSA) is 168 Å². The van der Waals surface area contributed by atoms with Gasteiger partial charge < -0.3 is 35.4 Å². The summed E-state index contributed by atoms with van der Waals surface area (Å²) in [6, 6.07) is 20.5. The van der Waals surface area contributed by atoms with Crippen LogP contribution in [-0.4, -0.2) is 114 Å². The van der Waals surface area contributed by atoms with Crippen LogP contribution in [0.25, 0.3) is 22.0 Å². The molecule has 71 heavy (non-hydrogen) atoms. The van der Waals surface area contributed by atoms with Crippen LogP contribution >= 0.6 is 11.6 Å². The molecule has 4 amide bonds. The van der Waals surface area contributed by atoms with Crippen LogP contribution in [0.1, 0.15) is 104 Å². The summed E-state index contributed by atoms with van der Waals surface area (Å²) in [5.74, 6) is -1.78. The van der Waals surface area contributed by atoms with Crippen molar-refractivity contribution >= 4 is 46.2 Å². The molecule has 1 saturated carbocycles. The first-order valence-electron chi connectivity index (χ1n) is 25.2. The number of halogens is 3. The first kappa shape index (κ1) is 49.0. The van der Waals surface area contributed by atoms with Gasteiger partial charge in [-0.15, -0.1) is 0 Å². The Hall–Kier alpha value is -5.65. The van der Waals surface area contributed by atoms with Crippen LogP contribution in [-0.2, 0) is 17.4 Å². The summed E-state index contributed by atoms with van der Waals surface area (Å²) in [6.45, 7) is 7.61. The third-order valence-corrected chi connectivity index (χ3v) is 16.5. The zero-order valence-corrected chi connectivity index (χ0v) is 41.2. The lowest BCUT2D eigenvalue weighted by Gasteiger charge is -2.43. The molecule has 376 valence electrons. The maximum absolute atomic E-state index is 16.5. The average molecular weight is 994 g/mol. The van der Waals surface area contributed by atoms with E-state index in [0.29, 0.717) is 42.3 Å².